The minimum atomic E-state index is -0.683. The van der Waals surface area contributed by atoms with Crippen LogP contribution >= 0.6 is 11.3 Å². The molecule has 0 radical (unpaired) electrons. The van der Waals surface area contributed by atoms with Gasteiger partial charge in [-0.15, -0.1) is 11.3 Å². The van der Waals surface area contributed by atoms with Crippen molar-refractivity contribution >= 4 is 27.5 Å². The molecule has 3 rings (SSSR count). The predicted octanol–water partition coefficient (Wildman–Crippen LogP) is 3.12. The maximum Gasteiger partial charge on any atom is 0.348 e. The number of aliphatic hydroxyl groups excluding tert-OH is 1. The molecule has 0 fully saturated rings. The number of ether oxygens (including phenoxy) is 2. The molecule has 8 nitrogen and oxygen atoms in total. The summed E-state index contributed by atoms with van der Waals surface area (Å²) in [5, 5.41) is 10.9. The first kappa shape index (κ1) is 25.0. The number of aromatic amines is 1. The zero-order valence-corrected chi connectivity index (χ0v) is 20.3. The van der Waals surface area contributed by atoms with Crippen LogP contribution in [-0.4, -0.2) is 58.9 Å². The number of nitrogens with zero attached hydrogens (tertiary/aromatic N) is 2. The van der Waals surface area contributed by atoms with Crippen molar-refractivity contribution in [1.82, 2.24) is 14.9 Å². The van der Waals surface area contributed by atoms with Crippen LogP contribution in [0.4, 0.5) is 0 Å². The highest BCUT2D eigenvalue weighted by Gasteiger charge is 2.21. The van der Waals surface area contributed by atoms with Gasteiger partial charge in [0.1, 0.15) is 15.5 Å². The lowest BCUT2D eigenvalue weighted by Gasteiger charge is -2.26. The number of carbonyl (C=O) groups excluding carboxylic acids is 1. The van der Waals surface area contributed by atoms with Crippen LogP contribution in [0.15, 0.2) is 35.1 Å². The number of nitrogens with one attached hydrogen (secondary N) is 1. The first-order chi connectivity index (χ1) is 15.8. The lowest BCUT2D eigenvalue weighted by Crippen LogP contribution is -2.37. The normalized spacial score (nSPS) is 12.6. The maximum absolute atomic E-state index is 12.7. The number of thiophene rings is 1. The van der Waals surface area contributed by atoms with E-state index in [9.17, 15) is 14.7 Å². The van der Waals surface area contributed by atoms with Crippen LogP contribution in [0.3, 0.4) is 0 Å². The number of fused-ring (bicyclic) bond motifs is 1. The Morgan fingerprint density at radius 2 is 1.97 bits per heavy atom. The Morgan fingerprint density at radius 3 is 2.64 bits per heavy atom. The van der Waals surface area contributed by atoms with Gasteiger partial charge in [-0.3, -0.25) is 9.69 Å². The standard InChI is InChI=1S/C24H31N3O5S/c1-15(2)10-27(11-18(28)14-32-13-17-8-6-5-7-9-17)12-19-25-22(29)20-16(3)21(24(30)31-4)33-23(20)26-19/h5-9,15,18,28H,10-14H2,1-4H3,(H,25,26,29). The van der Waals surface area contributed by atoms with Crippen molar-refractivity contribution in [3.8, 4) is 0 Å². The van der Waals surface area contributed by atoms with Gasteiger partial charge in [-0.25, -0.2) is 9.78 Å². The number of esters is 1. The van der Waals surface area contributed by atoms with Crippen molar-refractivity contribution in [3.63, 3.8) is 0 Å². The Bertz CT molecular complexity index is 1130. The lowest BCUT2D eigenvalue weighted by atomic mass is 10.2. The molecule has 3 aromatic rings. The molecule has 9 heteroatoms. The molecule has 2 N–H and O–H groups in total. The maximum atomic E-state index is 12.7. The summed E-state index contributed by atoms with van der Waals surface area (Å²) < 4.78 is 10.5. The molecule has 2 heterocycles. The quantitative estimate of drug-likeness (QED) is 0.412. The van der Waals surface area contributed by atoms with Crippen molar-refractivity contribution < 1.29 is 19.4 Å². The number of carbonyl (C=O) groups is 1. The number of rotatable bonds is 11. The van der Waals surface area contributed by atoms with E-state index >= 15 is 0 Å². The number of aryl methyl sites for hydroxylation is 1. The highest BCUT2D eigenvalue weighted by molar-refractivity contribution is 7.20. The van der Waals surface area contributed by atoms with E-state index < -0.39 is 12.1 Å². The molecule has 2 aromatic heterocycles. The number of benzene rings is 1. The second kappa shape index (κ2) is 11.5. The van der Waals surface area contributed by atoms with Crippen LogP contribution < -0.4 is 5.56 Å². The summed E-state index contributed by atoms with van der Waals surface area (Å²) in [4.78, 5) is 35.1. The molecule has 33 heavy (non-hydrogen) atoms. The molecule has 0 spiro atoms. The summed E-state index contributed by atoms with van der Waals surface area (Å²) in [6.07, 6.45) is -0.683. The first-order valence-electron chi connectivity index (χ1n) is 10.9. The van der Waals surface area contributed by atoms with Gasteiger partial charge in [0.15, 0.2) is 0 Å². The molecule has 0 aliphatic rings. The molecule has 1 atom stereocenters. The third-order valence-corrected chi connectivity index (χ3v) is 6.27. The smallest absolute Gasteiger partial charge is 0.348 e. The topological polar surface area (TPSA) is 105 Å². The Morgan fingerprint density at radius 1 is 1.24 bits per heavy atom. The van der Waals surface area contributed by atoms with Crippen LogP contribution in [0.2, 0.25) is 0 Å². The molecular weight excluding hydrogens is 442 g/mol. The number of hydrogen-bond acceptors (Lipinski definition) is 8. The van der Waals surface area contributed by atoms with Gasteiger partial charge < -0.3 is 19.6 Å². The van der Waals surface area contributed by atoms with E-state index in [2.05, 4.69) is 23.8 Å². The van der Waals surface area contributed by atoms with E-state index in [0.29, 0.717) is 58.6 Å². The van der Waals surface area contributed by atoms with Crippen LogP contribution in [0.1, 0.15) is 40.5 Å². The molecule has 1 unspecified atom stereocenters. The molecule has 0 aliphatic heterocycles. The third-order valence-electron chi connectivity index (χ3n) is 5.11. The first-order valence-corrected chi connectivity index (χ1v) is 11.7. The molecule has 178 valence electrons. The van der Waals surface area contributed by atoms with E-state index in [1.807, 2.05) is 35.2 Å². The van der Waals surface area contributed by atoms with Crippen molar-refractivity contribution in [3.05, 3.63) is 62.5 Å². The van der Waals surface area contributed by atoms with Crippen LogP contribution in [0.5, 0.6) is 0 Å². The van der Waals surface area contributed by atoms with Gasteiger partial charge in [0, 0.05) is 13.1 Å². The van der Waals surface area contributed by atoms with Gasteiger partial charge in [-0.1, -0.05) is 44.2 Å². The Kier molecular flexibility index (Phi) is 8.74. The van der Waals surface area contributed by atoms with Crippen molar-refractivity contribution in [2.24, 2.45) is 5.92 Å². The summed E-state index contributed by atoms with van der Waals surface area (Å²) in [5.41, 5.74) is 1.35. The number of aromatic nitrogens is 2. The fourth-order valence-corrected chi connectivity index (χ4v) is 4.84. The van der Waals surface area contributed by atoms with Gasteiger partial charge in [-0.2, -0.15) is 0 Å². The van der Waals surface area contributed by atoms with E-state index in [4.69, 9.17) is 9.47 Å². The number of H-pyrrole nitrogens is 1. The second-order valence-electron chi connectivity index (χ2n) is 8.48. The van der Waals surface area contributed by atoms with Gasteiger partial charge in [-0.05, 0) is 24.0 Å². The van der Waals surface area contributed by atoms with Crippen LogP contribution in [-0.2, 0) is 22.6 Å². The fourth-order valence-electron chi connectivity index (χ4n) is 3.72. The lowest BCUT2D eigenvalue weighted by molar-refractivity contribution is 0.00639. The molecule has 1 aromatic carbocycles. The van der Waals surface area contributed by atoms with E-state index in [1.165, 1.54) is 7.11 Å². The van der Waals surface area contributed by atoms with Crippen LogP contribution in [0, 0.1) is 12.8 Å². The Hall–Kier alpha value is -2.59. The Labute approximate surface area is 197 Å². The molecule has 0 bridgehead atoms. The minimum absolute atomic E-state index is 0.207. The average Bonchev–Trinajstić information content (AvgIpc) is 3.10. The summed E-state index contributed by atoms with van der Waals surface area (Å²) in [6.45, 7) is 8.01. The van der Waals surface area contributed by atoms with Crippen molar-refractivity contribution in [2.75, 3.05) is 26.8 Å². The summed E-state index contributed by atoms with van der Waals surface area (Å²) in [5.74, 6) is 0.368. The fraction of sp³-hybridized carbons (Fsp3) is 0.458. The summed E-state index contributed by atoms with van der Waals surface area (Å²) in [6, 6.07) is 9.81. The van der Waals surface area contributed by atoms with E-state index in [1.54, 1.807) is 6.92 Å². The van der Waals surface area contributed by atoms with Gasteiger partial charge in [0.25, 0.3) is 5.56 Å². The van der Waals surface area contributed by atoms with Gasteiger partial charge in [0.2, 0.25) is 0 Å². The largest absolute Gasteiger partial charge is 0.465 e. The Balaban J connectivity index is 1.70. The number of hydrogen-bond donors (Lipinski definition) is 2. The van der Waals surface area contributed by atoms with Crippen molar-refractivity contribution in [2.45, 2.75) is 40.0 Å². The minimum Gasteiger partial charge on any atom is -0.465 e. The molecule has 0 saturated carbocycles. The zero-order chi connectivity index (χ0) is 24.0. The van der Waals surface area contributed by atoms with Gasteiger partial charge in [0.05, 0.1) is 38.4 Å². The molecule has 0 aliphatic carbocycles. The molecular formula is C24H31N3O5S. The zero-order valence-electron chi connectivity index (χ0n) is 19.5. The second-order valence-corrected chi connectivity index (χ2v) is 9.48. The number of aliphatic hydroxyl groups is 1. The monoisotopic (exact) mass is 473 g/mol. The third kappa shape index (κ3) is 6.70. The average molecular weight is 474 g/mol. The van der Waals surface area contributed by atoms with Gasteiger partial charge >= 0.3 is 5.97 Å². The number of methoxy groups -OCH3 is 1. The highest BCUT2D eigenvalue weighted by atomic mass is 32.1. The molecule has 0 saturated heterocycles. The summed E-state index contributed by atoms with van der Waals surface area (Å²) >= 11 is 1.16. The van der Waals surface area contributed by atoms with Crippen molar-refractivity contribution in [1.29, 1.82) is 0 Å². The van der Waals surface area contributed by atoms with E-state index in [0.717, 1.165) is 16.9 Å². The summed E-state index contributed by atoms with van der Waals surface area (Å²) in [7, 11) is 1.31. The molecule has 0 amide bonds. The predicted molar refractivity (Wildman–Crippen MR) is 129 cm³/mol. The SMILES string of the molecule is COC(=O)c1sc2nc(CN(CC(C)C)CC(O)COCc3ccccc3)[nH]c(=O)c2c1C. The highest BCUT2D eigenvalue weighted by Crippen LogP contribution is 2.27. The van der Waals surface area contributed by atoms with Crippen LogP contribution in [0.25, 0.3) is 10.2 Å². The van der Waals surface area contributed by atoms with E-state index in [-0.39, 0.29) is 12.2 Å².